The first-order valence-corrected chi connectivity index (χ1v) is 8.53. The Morgan fingerprint density at radius 1 is 1.14 bits per heavy atom. The van der Waals surface area contributed by atoms with Crippen LogP contribution in [0.25, 0.3) is 0 Å². The summed E-state index contributed by atoms with van der Waals surface area (Å²) in [6, 6.07) is 12.2. The second-order valence-electron chi connectivity index (χ2n) is 5.84. The van der Waals surface area contributed by atoms with Crippen LogP contribution in [0.4, 0.5) is 10.1 Å². The molecule has 2 aromatic carbocycles. The highest BCUT2D eigenvalue weighted by molar-refractivity contribution is 6.30. The van der Waals surface area contributed by atoms with Crippen LogP contribution in [0.1, 0.15) is 26.3 Å². The van der Waals surface area contributed by atoms with Crippen molar-refractivity contribution in [3.63, 3.8) is 0 Å². The minimum absolute atomic E-state index is 0.111. The van der Waals surface area contributed by atoms with Crippen LogP contribution in [0.5, 0.6) is 5.75 Å². The van der Waals surface area contributed by atoms with Crippen molar-refractivity contribution in [2.24, 2.45) is 5.73 Å². The number of primary amides is 1. The van der Waals surface area contributed by atoms with Crippen LogP contribution < -0.4 is 15.8 Å². The van der Waals surface area contributed by atoms with E-state index in [4.69, 9.17) is 22.1 Å². The SMILES string of the molecule is NC(=O)c1cncc(OCc2cccc(NC(=O)c3ccc(Cl)cc3F)c2)c1. The van der Waals surface area contributed by atoms with Crippen LogP contribution in [0, 0.1) is 5.82 Å². The maximum atomic E-state index is 13.9. The first-order chi connectivity index (χ1) is 13.4. The topological polar surface area (TPSA) is 94.3 Å². The number of anilines is 1. The number of hydrogen-bond acceptors (Lipinski definition) is 4. The van der Waals surface area contributed by atoms with Crippen molar-refractivity contribution in [2.45, 2.75) is 6.61 Å². The number of nitrogens with zero attached hydrogens (tertiary/aromatic N) is 1. The van der Waals surface area contributed by atoms with Crippen molar-refractivity contribution >= 4 is 29.1 Å². The zero-order valence-electron chi connectivity index (χ0n) is 14.5. The van der Waals surface area contributed by atoms with Crippen LogP contribution >= 0.6 is 11.6 Å². The van der Waals surface area contributed by atoms with E-state index in [9.17, 15) is 14.0 Å². The molecule has 0 radical (unpaired) electrons. The van der Waals surface area contributed by atoms with Crippen molar-refractivity contribution in [1.29, 1.82) is 0 Å². The van der Waals surface area contributed by atoms with Gasteiger partial charge in [0.2, 0.25) is 5.91 Å². The summed E-state index contributed by atoms with van der Waals surface area (Å²) < 4.78 is 19.5. The summed E-state index contributed by atoms with van der Waals surface area (Å²) in [6.07, 6.45) is 2.81. The Hall–Kier alpha value is -3.45. The zero-order valence-corrected chi connectivity index (χ0v) is 15.2. The molecule has 0 fully saturated rings. The standard InChI is InChI=1S/C20H15ClFN3O3/c21-14-4-5-17(18(22)8-14)20(27)25-15-3-1-2-12(6-15)11-28-16-7-13(19(23)26)9-24-10-16/h1-10H,11H2,(H2,23,26)(H,25,27). The van der Waals surface area contributed by atoms with E-state index >= 15 is 0 Å². The Bertz CT molecular complexity index is 1040. The Labute approximate surface area is 165 Å². The van der Waals surface area contributed by atoms with Gasteiger partial charge in [0.25, 0.3) is 5.91 Å². The fourth-order valence-electron chi connectivity index (χ4n) is 2.41. The lowest BCUT2D eigenvalue weighted by molar-refractivity contribution is 0.0996. The maximum absolute atomic E-state index is 13.9. The number of carbonyl (C=O) groups excluding carboxylic acids is 2. The quantitative estimate of drug-likeness (QED) is 0.659. The fourth-order valence-corrected chi connectivity index (χ4v) is 2.57. The molecular formula is C20H15ClFN3O3. The molecule has 8 heteroatoms. The summed E-state index contributed by atoms with van der Waals surface area (Å²) >= 11 is 5.70. The minimum atomic E-state index is -0.702. The number of carbonyl (C=O) groups is 2. The van der Waals surface area contributed by atoms with E-state index in [2.05, 4.69) is 10.3 Å². The zero-order chi connectivity index (χ0) is 20.1. The van der Waals surface area contributed by atoms with Gasteiger partial charge < -0.3 is 15.8 Å². The lowest BCUT2D eigenvalue weighted by atomic mass is 10.1. The smallest absolute Gasteiger partial charge is 0.258 e. The molecule has 3 aromatic rings. The normalized spacial score (nSPS) is 10.4. The molecule has 3 rings (SSSR count). The van der Waals surface area contributed by atoms with E-state index in [0.29, 0.717) is 11.4 Å². The molecule has 0 aliphatic rings. The number of rotatable bonds is 6. The van der Waals surface area contributed by atoms with E-state index < -0.39 is 17.6 Å². The average molecular weight is 400 g/mol. The van der Waals surface area contributed by atoms with Crippen LogP contribution in [-0.4, -0.2) is 16.8 Å². The Kier molecular flexibility index (Phi) is 5.86. The Morgan fingerprint density at radius 3 is 2.71 bits per heavy atom. The first-order valence-electron chi connectivity index (χ1n) is 8.15. The van der Waals surface area contributed by atoms with E-state index in [0.717, 1.165) is 11.6 Å². The van der Waals surface area contributed by atoms with Gasteiger partial charge >= 0.3 is 0 Å². The molecule has 0 saturated carbocycles. The highest BCUT2D eigenvalue weighted by Crippen LogP contribution is 2.19. The lowest BCUT2D eigenvalue weighted by Crippen LogP contribution is -2.14. The number of nitrogens with two attached hydrogens (primary N) is 1. The predicted molar refractivity (Wildman–Crippen MR) is 103 cm³/mol. The number of ether oxygens (including phenoxy) is 1. The molecule has 0 bridgehead atoms. The minimum Gasteiger partial charge on any atom is -0.487 e. The van der Waals surface area contributed by atoms with Gasteiger partial charge in [-0.05, 0) is 42.0 Å². The van der Waals surface area contributed by atoms with Gasteiger partial charge in [-0.25, -0.2) is 4.39 Å². The molecule has 28 heavy (non-hydrogen) atoms. The van der Waals surface area contributed by atoms with Gasteiger partial charge in [0.05, 0.1) is 17.3 Å². The number of pyridine rings is 1. The predicted octanol–water partition coefficient (Wildman–Crippen LogP) is 3.80. The van der Waals surface area contributed by atoms with Crippen molar-refractivity contribution < 1.29 is 18.7 Å². The second kappa shape index (κ2) is 8.49. The largest absolute Gasteiger partial charge is 0.487 e. The van der Waals surface area contributed by atoms with Crippen LogP contribution in [0.2, 0.25) is 5.02 Å². The van der Waals surface area contributed by atoms with Crippen LogP contribution in [0.15, 0.2) is 60.9 Å². The molecule has 2 amide bonds. The third-order valence-corrected chi connectivity index (χ3v) is 4.00. The van der Waals surface area contributed by atoms with Gasteiger partial charge in [-0.2, -0.15) is 0 Å². The maximum Gasteiger partial charge on any atom is 0.258 e. The summed E-state index contributed by atoms with van der Waals surface area (Å²) in [4.78, 5) is 27.3. The van der Waals surface area contributed by atoms with Crippen molar-refractivity contribution in [3.8, 4) is 5.75 Å². The van der Waals surface area contributed by atoms with Crippen LogP contribution in [0.3, 0.4) is 0 Å². The molecule has 1 aromatic heterocycles. The van der Waals surface area contributed by atoms with Crippen LogP contribution in [-0.2, 0) is 6.61 Å². The van der Waals surface area contributed by atoms with E-state index in [1.165, 1.54) is 30.6 Å². The second-order valence-corrected chi connectivity index (χ2v) is 6.28. The molecule has 0 atom stereocenters. The molecule has 0 aliphatic heterocycles. The van der Waals surface area contributed by atoms with Crippen molar-refractivity contribution in [1.82, 2.24) is 4.98 Å². The fraction of sp³-hybridized carbons (Fsp3) is 0.0500. The molecule has 142 valence electrons. The molecule has 6 nitrogen and oxygen atoms in total. The summed E-state index contributed by atoms with van der Waals surface area (Å²) in [5, 5.41) is 2.84. The van der Waals surface area contributed by atoms with Gasteiger partial charge in [0.15, 0.2) is 0 Å². The highest BCUT2D eigenvalue weighted by Gasteiger charge is 2.12. The summed E-state index contributed by atoms with van der Waals surface area (Å²) in [5.74, 6) is -1.51. The van der Waals surface area contributed by atoms with Gasteiger partial charge in [-0.3, -0.25) is 14.6 Å². The van der Waals surface area contributed by atoms with E-state index in [1.807, 2.05) is 0 Å². The average Bonchev–Trinajstić information content (AvgIpc) is 2.67. The number of aromatic nitrogens is 1. The molecular weight excluding hydrogens is 385 g/mol. The summed E-state index contributed by atoms with van der Waals surface area (Å²) in [5.41, 5.74) is 6.57. The van der Waals surface area contributed by atoms with Gasteiger partial charge in [0, 0.05) is 16.9 Å². The van der Waals surface area contributed by atoms with Crippen molar-refractivity contribution in [2.75, 3.05) is 5.32 Å². The summed E-state index contributed by atoms with van der Waals surface area (Å²) in [7, 11) is 0. The van der Waals surface area contributed by atoms with Gasteiger partial charge in [0.1, 0.15) is 18.2 Å². The van der Waals surface area contributed by atoms with E-state index in [1.54, 1.807) is 24.3 Å². The Balaban J connectivity index is 1.68. The first kappa shape index (κ1) is 19.3. The summed E-state index contributed by atoms with van der Waals surface area (Å²) in [6.45, 7) is 0.170. The number of hydrogen-bond donors (Lipinski definition) is 2. The van der Waals surface area contributed by atoms with Gasteiger partial charge in [-0.15, -0.1) is 0 Å². The van der Waals surface area contributed by atoms with Crippen molar-refractivity contribution in [3.05, 3.63) is 88.5 Å². The van der Waals surface area contributed by atoms with E-state index in [-0.39, 0.29) is 22.8 Å². The lowest BCUT2D eigenvalue weighted by Gasteiger charge is -2.10. The monoisotopic (exact) mass is 399 g/mol. The molecule has 0 unspecified atom stereocenters. The third kappa shape index (κ3) is 4.83. The number of amides is 2. The Morgan fingerprint density at radius 2 is 1.96 bits per heavy atom. The molecule has 0 aliphatic carbocycles. The molecule has 0 saturated heterocycles. The molecule has 0 spiro atoms. The highest BCUT2D eigenvalue weighted by atomic mass is 35.5. The van der Waals surface area contributed by atoms with Gasteiger partial charge in [-0.1, -0.05) is 23.7 Å². The number of benzene rings is 2. The molecule has 3 N–H and O–H groups in total. The number of halogens is 2. The third-order valence-electron chi connectivity index (χ3n) is 3.76. The molecule has 1 heterocycles. The number of nitrogens with one attached hydrogen (secondary N) is 1.